The Labute approximate surface area is 108 Å². The Hall–Kier alpha value is -0.0800. The second-order valence-corrected chi connectivity index (χ2v) is 5.85. The molecule has 17 heavy (non-hydrogen) atoms. The van der Waals surface area contributed by atoms with E-state index in [4.69, 9.17) is 4.74 Å². The van der Waals surface area contributed by atoms with Gasteiger partial charge in [-0.3, -0.25) is 0 Å². The Kier molecular flexibility index (Phi) is 7.14. The van der Waals surface area contributed by atoms with E-state index in [1.54, 1.807) is 0 Å². The van der Waals surface area contributed by atoms with Crippen LogP contribution in [0.2, 0.25) is 0 Å². The second kappa shape index (κ2) is 8.10. The van der Waals surface area contributed by atoms with Crippen LogP contribution in [0.15, 0.2) is 0 Å². The Morgan fingerprint density at radius 3 is 2.71 bits per heavy atom. The van der Waals surface area contributed by atoms with Crippen molar-refractivity contribution in [3.8, 4) is 0 Å². The van der Waals surface area contributed by atoms with Crippen molar-refractivity contribution in [2.75, 3.05) is 13.2 Å². The zero-order chi connectivity index (χ0) is 12.7. The maximum Gasteiger partial charge on any atom is 0.0730 e. The van der Waals surface area contributed by atoms with Crippen LogP contribution in [-0.4, -0.2) is 25.3 Å². The molecule has 0 aliphatic heterocycles. The van der Waals surface area contributed by atoms with E-state index in [0.717, 1.165) is 19.1 Å². The minimum Gasteiger partial charge on any atom is -0.376 e. The third-order valence-corrected chi connectivity index (χ3v) is 3.90. The van der Waals surface area contributed by atoms with Crippen LogP contribution in [0, 0.1) is 11.8 Å². The third kappa shape index (κ3) is 5.39. The smallest absolute Gasteiger partial charge is 0.0730 e. The van der Waals surface area contributed by atoms with Crippen molar-refractivity contribution in [2.24, 2.45) is 11.8 Å². The molecule has 2 nitrogen and oxygen atoms in total. The molecule has 1 aliphatic carbocycles. The lowest BCUT2D eigenvalue weighted by Crippen LogP contribution is -2.45. The van der Waals surface area contributed by atoms with E-state index in [2.05, 4.69) is 33.0 Å². The van der Waals surface area contributed by atoms with Gasteiger partial charge in [0, 0.05) is 12.6 Å². The highest BCUT2D eigenvalue weighted by atomic mass is 16.5. The molecule has 0 aromatic rings. The summed E-state index contributed by atoms with van der Waals surface area (Å²) in [7, 11) is 0. The van der Waals surface area contributed by atoms with E-state index in [-0.39, 0.29) is 0 Å². The molecule has 1 N–H and O–H groups in total. The fraction of sp³-hybridized carbons (Fsp3) is 1.00. The fourth-order valence-corrected chi connectivity index (χ4v) is 2.87. The lowest BCUT2D eigenvalue weighted by Gasteiger charge is -2.35. The first-order chi connectivity index (χ1) is 8.17. The lowest BCUT2D eigenvalue weighted by atomic mass is 9.85. The van der Waals surface area contributed by atoms with Gasteiger partial charge in [0.05, 0.1) is 6.10 Å². The molecule has 0 bridgehead atoms. The Bertz CT molecular complexity index is 195. The van der Waals surface area contributed by atoms with Crippen molar-refractivity contribution in [1.29, 1.82) is 0 Å². The van der Waals surface area contributed by atoms with Crippen LogP contribution in [0.3, 0.4) is 0 Å². The van der Waals surface area contributed by atoms with Gasteiger partial charge in [-0.15, -0.1) is 0 Å². The molecule has 4 atom stereocenters. The highest BCUT2D eigenvalue weighted by Crippen LogP contribution is 2.27. The van der Waals surface area contributed by atoms with Gasteiger partial charge >= 0.3 is 0 Å². The summed E-state index contributed by atoms with van der Waals surface area (Å²) in [6, 6.07) is 0.588. The molecule has 0 saturated heterocycles. The largest absolute Gasteiger partial charge is 0.376 e. The van der Waals surface area contributed by atoms with Crippen molar-refractivity contribution >= 4 is 0 Å². The van der Waals surface area contributed by atoms with E-state index in [1.807, 2.05) is 0 Å². The summed E-state index contributed by atoms with van der Waals surface area (Å²) in [5, 5.41) is 3.59. The standard InChI is InChI=1S/C15H31NO/c1-5-7-13(4)11-17-15-10-12(3)8-9-14(15)16-6-2/h12-16H,5-11H2,1-4H3. The van der Waals surface area contributed by atoms with Crippen LogP contribution in [0.4, 0.5) is 0 Å². The summed E-state index contributed by atoms with van der Waals surface area (Å²) in [5.74, 6) is 1.54. The van der Waals surface area contributed by atoms with Crippen LogP contribution in [0.1, 0.15) is 59.8 Å². The predicted octanol–water partition coefficient (Wildman–Crippen LogP) is 3.61. The van der Waals surface area contributed by atoms with Crippen LogP contribution in [0.25, 0.3) is 0 Å². The summed E-state index contributed by atoms with van der Waals surface area (Å²) < 4.78 is 6.17. The fourth-order valence-electron chi connectivity index (χ4n) is 2.87. The molecule has 4 unspecified atom stereocenters. The molecule has 0 radical (unpaired) electrons. The Morgan fingerprint density at radius 1 is 1.29 bits per heavy atom. The maximum absolute atomic E-state index is 6.17. The van der Waals surface area contributed by atoms with Gasteiger partial charge in [-0.25, -0.2) is 0 Å². The quantitative estimate of drug-likeness (QED) is 0.735. The number of likely N-dealkylation sites (N-methyl/N-ethyl adjacent to an activating group) is 1. The summed E-state index contributed by atoms with van der Waals surface area (Å²) in [6.07, 6.45) is 6.86. The molecule has 1 rings (SSSR count). The van der Waals surface area contributed by atoms with Gasteiger partial charge in [0.15, 0.2) is 0 Å². The molecule has 0 spiro atoms. The van der Waals surface area contributed by atoms with Crippen molar-refractivity contribution in [3.05, 3.63) is 0 Å². The van der Waals surface area contributed by atoms with Crippen molar-refractivity contribution in [3.63, 3.8) is 0 Å². The number of hydrogen-bond acceptors (Lipinski definition) is 2. The monoisotopic (exact) mass is 241 g/mol. The van der Waals surface area contributed by atoms with E-state index < -0.39 is 0 Å². The number of nitrogens with one attached hydrogen (secondary N) is 1. The van der Waals surface area contributed by atoms with Crippen LogP contribution in [-0.2, 0) is 4.74 Å². The summed E-state index contributed by atoms with van der Waals surface area (Å²) >= 11 is 0. The molecule has 2 heteroatoms. The third-order valence-electron chi connectivity index (χ3n) is 3.90. The average molecular weight is 241 g/mol. The first-order valence-electron chi connectivity index (χ1n) is 7.52. The van der Waals surface area contributed by atoms with Crippen molar-refractivity contribution in [2.45, 2.75) is 71.9 Å². The molecule has 0 aromatic carbocycles. The number of ether oxygens (including phenoxy) is 1. The Balaban J connectivity index is 2.35. The molecule has 1 aliphatic rings. The predicted molar refractivity (Wildman–Crippen MR) is 74.3 cm³/mol. The van der Waals surface area contributed by atoms with Crippen molar-refractivity contribution < 1.29 is 4.74 Å². The van der Waals surface area contributed by atoms with Gasteiger partial charge < -0.3 is 10.1 Å². The molecular weight excluding hydrogens is 210 g/mol. The molecule has 1 saturated carbocycles. The van der Waals surface area contributed by atoms with E-state index in [0.29, 0.717) is 18.1 Å². The first kappa shape index (κ1) is 15.0. The van der Waals surface area contributed by atoms with E-state index >= 15 is 0 Å². The Morgan fingerprint density at radius 2 is 2.06 bits per heavy atom. The summed E-state index contributed by atoms with van der Waals surface area (Å²) in [5.41, 5.74) is 0. The van der Waals surface area contributed by atoms with Gasteiger partial charge in [0.2, 0.25) is 0 Å². The van der Waals surface area contributed by atoms with Crippen LogP contribution in [0.5, 0.6) is 0 Å². The minimum absolute atomic E-state index is 0.443. The number of hydrogen-bond donors (Lipinski definition) is 1. The van der Waals surface area contributed by atoms with Gasteiger partial charge in [-0.1, -0.05) is 34.1 Å². The topological polar surface area (TPSA) is 21.3 Å². The molecule has 1 fully saturated rings. The van der Waals surface area contributed by atoms with Gasteiger partial charge in [-0.2, -0.15) is 0 Å². The zero-order valence-electron chi connectivity index (χ0n) is 12.2. The molecule has 0 heterocycles. The normalized spacial score (nSPS) is 31.4. The molecule has 0 amide bonds. The SMILES string of the molecule is CCCC(C)COC1CC(C)CCC1NCC. The molecule has 102 valence electrons. The summed E-state index contributed by atoms with van der Waals surface area (Å²) in [4.78, 5) is 0. The highest BCUT2D eigenvalue weighted by molar-refractivity contribution is 4.84. The second-order valence-electron chi connectivity index (χ2n) is 5.85. The number of rotatable bonds is 7. The van der Waals surface area contributed by atoms with Gasteiger partial charge in [0.25, 0.3) is 0 Å². The van der Waals surface area contributed by atoms with Gasteiger partial charge in [-0.05, 0) is 44.1 Å². The summed E-state index contributed by atoms with van der Waals surface area (Å²) in [6.45, 7) is 11.1. The van der Waals surface area contributed by atoms with E-state index in [9.17, 15) is 0 Å². The lowest BCUT2D eigenvalue weighted by molar-refractivity contribution is -0.0218. The highest BCUT2D eigenvalue weighted by Gasteiger charge is 2.28. The van der Waals surface area contributed by atoms with Crippen LogP contribution >= 0.6 is 0 Å². The molecule has 0 aromatic heterocycles. The zero-order valence-corrected chi connectivity index (χ0v) is 12.2. The van der Waals surface area contributed by atoms with Gasteiger partial charge in [0.1, 0.15) is 0 Å². The minimum atomic E-state index is 0.443. The molecular formula is C15H31NO. The maximum atomic E-state index is 6.17. The first-order valence-corrected chi connectivity index (χ1v) is 7.52. The van der Waals surface area contributed by atoms with E-state index in [1.165, 1.54) is 32.1 Å². The van der Waals surface area contributed by atoms with Crippen LogP contribution < -0.4 is 5.32 Å². The van der Waals surface area contributed by atoms with Crippen molar-refractivity contribution in [1.82, 2.24) is 5.32 Å². The average Bonchev–Trinajstić information content (AvgIpc) is 2.30.